The van der Waals surface area contributed by atoms with Crippen LogP contribution in [0.1, 0.15) is 66.8 Å². The number of hydrogen-bond acceptors (Lipinski definition) is 6. The van der Waals surface area contributed by atoms with Gasteiger partial charge in [0.2, 0.25) is 0 Å². The van der Waals surface area contributed by atoms with Gasteiger partial charge in [-0.1, -0.05) is 179 Å². The lowest BCUT2D eigenvalue weighted by Crippen LogP contribution is -2.95. The lowest BCUT2D eigenvalue weighted by Gasteiger charge is -2.74. The monoisotopic (exact) mass is 888 g/mol. The Labute approximate surface area is 380 Å². The Morgan fingerprint density at radius 2 is 0.318 bits per heavy atom. The van der Waals surface area contributed by atoms with Crippen molar-refractivity contribution in [3.05, 3.63) is 212 Å². The van der Waals surface area contributed by atoms with Crippen molar-refractivity contribution < 1.29 is 59.4 Å². The Balaban J connectivity index is 2.15. The lowest BCUT2D eigenvalue weighted by atomic mass is 9.19. The summed E-state index contributed by atoms with van der Waals surface area (Å²) in [5, 5.41) is 77.3. The highest BCUT2D eigenvalue weighted by Gasteiger charge is 3.00. The van der Waals surface area contributed by atoms with Crippen LogP contribution in [0.4, 0.5) is 0 Å². The van der Waals surface area contributed by atoms with E-state index < -0.39 is 102 Å². The molecule has 1 fully saturated rings. The van der Waals surface area contributed by atoms with Crippen molar-refractivity contribution in [1.29, 1.82) is 0 Å². The third-order valence-corrected chi connectivity index (χ3v) is 14.2. The molecule has 6 N–H and O–H groups in total. The standard InChI is InChI=1S/C54H48O12/c1-31-7-19-37(20-8-31)49(43(55)56)50(44(57)58,38-21-9-32(2)10-22-38)52(46(61)62,40-25-13-34(4)14-26-40)54(48(65)66,42-29-17-36(6)18-30-42)53(47(63)64,41-27-15-35(5)16-28-41)51(49,45(59)60)39-23-11-33(3)12-24-39/h7-30H,1-6H3,(H,55,56)(H,57,58)(H,59,60)(H,61,62)(H,63,64)(H,65,66). The molecule has 0 spiro atoms. The van der Waals surface area contributed by atoms with Crippen molar-refractivity contribution in [2.45, 2.75) is 74.0 Å². The van der Waals surface area contributed by atoms with E-state index in [1.54, 1.807) is 41.5 Å². The molecule has 12 heteroatoms. The minimum atomic E-state index is -3.88. The maximum absolute atomic E-state index is 16.0. The van der Waals surface area contributed by atoms with Crippen LogP contribution in [0.2, 0.25) is 0 Å². The fourth-order valence-electron chi connectivity index (χ4n) is 11.8. The summed E-state index contributed by atoms with van der Waals surface area (Å²) in [4.78, 5) is 95.9. The van der Waals surface area contributed by atoms with Gasteiger partial charge in [0.05, 0.1) is 0 Å². The predicted molar refractivity (Wildman–Crippen MR) is 243 cm³/mol. The number of benzene rings is 6. The molecule has 0 unspecified atom stereocenters. The SMILES string of the molecule is Cc1ccc(C2(C(=O)O)C(C(=O)O)(c3ccc(C)cc3)C(C(=O)O)(c3ccc(C)cc3)C(C(=O)O)(c3ccc(C)cc3)C(C(=O)O)(c3ccc(C)cc3)C2(C(=O)O)c2ccc(C)cc2)cc1. The van der Waals surface area contributed by atoms with Crippen molar-refractivity contribution in [3.8, 4) is 0 Å². The van der Waals surface area contributed by atoms with Crippen LogP contribution < -0.4 is 0 Å². The van der Waals surface area contributed by atoms with Crippen molar-refractivity contribution in [2.24, 2.45) is 0 Å². The second kappa shape index (κ2) is 16.0. The summed E-state index contributed by atoms with van der Waals surface area (Å²) in [6, 6.07) is 30.4. The molecule has 12 nitrogen and oxygen atoms in total. The number of aryl methyl sites for hydroxylation is 6. The normalized spacial score (nSPS) is 25.9. The van der Waals surface area contributed by atoms with E-state index in [2.05, 4.69) is 0 Å². The zero-order valence-corrected chi connectivity index (χ0v) is 37.0. The molecule has 336 valence electrons. The van der Waals surface area contributed by atoms with E-state index in [1.165, 1.54) is 72.8 Å². The molecule has 1 aliphatic rings. The molecule has 0 saturated heterocycles. The van der Waals surface area contributed by atoms with Crippen LogP contribution in [-0.4, -0.2) is 66.5 Å². The van der Waals surface area contributed by atoms with Crippen LogP contribution >= 0.6 is 0 Å². The molecule has 0 aliphatic heterocycles. The third-order valence-electron chi connectivity index (χ3n) is 14.2. The van der Waals surface area contributed by atoms with Gasteiger partial charge in [-0.25, -0.2) is 0 Å². The molecule has 0 atom stereocenters. The van der Waals surface area contributed by atoms with Gasteiger partial charge in [0.25, 0.3) is 0 Å². The second-order valence-corrected chi connectivity index (χ2v) is 17.5. The predicted octanol–water partition coefficient (Wildman–Crippen LogP) is 7.99. The summed E-state index contributed by atoms with van der Waals surface area (Å²) in [7, 11) is 0. The van der Waals surface area contributed by atoms with Crippen LogP contribution in [0.15, 0.2) is 146 Å². The Hall–Kier alpha value is -7.86. The van der Waals surface area contributed by atoms with Gasteiger partial charge >= 0.3 is 35.8 Å². The molecule has 6 aromatic rings. The first kappa shape index (κ1) is 46.1. The maximum atomic E-state index is 16.0. The van der Waals surface area contributed by atoms with Gasteiger partial charge in [0, 0.05) is 0 Å². The number of rotatable bonds is 12. The van der Waals surface area contributed by atoms with Crippen LogP contribution in [-0.2, 0) is 61.3 Å². The van der Waals surface area contributed by atoms with E-state index in [0.29, 0.717) is 33.4 Å². The van der Waals surface area contributed by atoms with E-state index in [4.69, 9.17) is 0 Å². The summed E-state index contributed by atoms with van der Waals surface area (Å²) in [6.07, 6.45) is 0. The van der Waals surface area contributed by atoms with E-state index in [1.807, 2.05) is 0 Å². The first-order valence-electron chi connectivity index (χ1n) is 21.0. The van der Waals surface area contributed by atoms with Gasteiger partial charge < -0.3 is 30.6 Å². The highest BCUT2D eigenvalue weighted by atomic mass is 16.4. The summed E-state index contributed by atoms with van der Waals surface area (Å²) in [5.41, 5.74) is -24.2. The molecule has 0 heterocycles. The molecule has 66 heavy (non-hydrogen) atoms. The van der Waals surface area contributed by atoms with Crippen molar-refractivity contribution >= 4 is 35.8 Å². The third kappa shape index (κ3) is 5.38. The Morgan fingerprint density at radius 1 is 0.227 bits per heavy atom. The fourth-order valence-corrected chi connectivity index (χ4v) is 11.8. The lowest BCUT2D eigenvalue weighted by molar-refractivity contribution is -0.221. The zero-order chi connectivity index (χ0) is 48.4. The summed E-state index contributed by atoms with van der Waals surface area (Å²) < 4.78 is 0. The molecule has 1 saturated carbocycles. The van der Waals surface area contributed by atoms with Gasteiger partial charge in [-0.2, -0.15) is 0 Å². The number of carboxylic acids is 6. The average molecular weight is 889 g/mol. The molecule has 1 aliphatic carbocycles. The minimum absolute atomic E-state index is 0.480. The number of aliphatic carboxylic acids is 6. The van der Waals surface area contributed by atoms with Crippen molar-refractivity contribution in [1.82, 2.24) is 0 Å². The van der Waals surface area contributed by atoms with Crippen molar-refractivity contribution in [3.63, 3.8) is 0 Å². The minimum Gasteiger partial charge on any atom is -0.481 e. The van der Waals surface area contributed by atoms with E-state index in [-0.39, 0.29) is 0 Å². The van der Waals surface area contributed by atoms with Crippen LogP contribution in [0.5, 0.6) is 0 Å². The van der Waals surface area contributed by atoms with Crippen LogP contribution in [0.25, 0.3) is 0 Å². The molecule has 7 rings (SSSR count). The summed E-state index contributed by atoms with van der Waals surface area (Å²) in [5.74, 6) is -13.6. The Bertz CT molecular complexity index is 2380. The van der Waals surface area contributed by atoms with E-state index in [9.17, 15) is 30.6 Å². The smallest absolute Gasteiger partial charge is 0.317 e. The Morgan fingerprint density at radius 3 is 0.394 bits per heavy atom. The molecule has 6 aromatic carbocycles. The van der Waals surface area contributed by atoms with Gasteiger partial charge in [-0.15, -0.1) is 0 Å². The fraction of sp³-hybridized carbons (Fsp3) is 0.222. The first-order chi connectivity index (χ1) is 31.2. The van der Waals surface area contributed by atoms with Crippen LogP contribution in [0, 0.1) is 41.5 Å². The molecule has 0 radical (unpaired) electrons. The van der Waals surface area contributed by atoms with Gasteiger partial charge in [-0.05, 0) is 74.9 Å². The number of hydrogen-bond donors (Lipinski definition) is 6. The van der Waals surface area contributed by atoms with Crippen LogP contribution in [0.3, 0.4) is 0 Å². The summed E-state index contributed by atoms with van der Waals surface area (Å²) >= 11 is 0. The molecular weight excluding hydrogens is 841 g/mol. The summed E-state index contributed by atoms with van der Waals surface area (Å²) in [6.45, 7) is 9.76. The number of carboxylic acid groups (broad SMARTS) is 6. The van der Waals surface area contributed by atoms with Gasteiger partial charge in [-0.3, -0.25) is 28.8 Å². The van der Waals surface area contributed by atoms with Gasteiger partial charge in [0.1, 0.15) is 32.5 Å². The average Bonchev–Trinajstić information content (AvgIpc) is 3.26. The highest BCUT2D eigenvalue weighted by molar-refractivity contribution is 6.19. The highest BCUT2D eigenvalue weighted by Crippen LogP contribution is 2.80. The maximum Gasteiger partial charge on any atom is 0.317 e. The molecular formula is C54H48O12. The largest absolute Gasteiger partial charge is 0.481 e. The topological polar surface area (TPSA) is 224 Å². The first-order valence-corrected chi connectivity index (χ1v) is 21.0. The zero-order valence-electron chi connectivity index (χ0n) is 37.0. The molecule has 0 aromatic heterocycles. The second-order valence-electron chi connectivity index (χ2n) is 17.5. The Kier molecular flexibility index (Phi) is 11.2. The van der Waals surface area contributed by atoms with E-state index in [0.717, 1.165) is 72.8 Å². The quantitative estimate of drug-likeness (QED) is 0.0688. The van der Waals surface area contributed by atoms with Gasteiger partial charge in [0.15, 0.2) is 0 Å². The van der Waals surface area contributed by atoms with E-state index >= 15 is 28.8 Å². The molecule has 0 amide bonds. The van der Waals surface area contributed by atoms with Crippen molar-refractivity contribution in [2.75, 3.05) is 0 Å². The number of carbonyl (C=O) groups is 6. The molecule has 0 bridgehead atoms.